The van der Waals surface area contributed by atoms with Crippen molar-refractivity contribution in [2.45, 2.75) is 32.1 Å². The topological polar surface area (TPSA) is 66.4 Å². The molecule has 0 aliphatic heterocycles. The monoisotopic (exact) mass is 289 g/mol. The average Bonchev–Trinajstić information content (AvgIpc) is 2.26. The predicted octanol–water partition coefficient (Wildman–Crippen LogP) is 1.82. The van der Waals surface area contributed by atoms with Crippen LogP contribution in [-0.2, 0) is 10.0 Å². The maximum atomic E-state index is 13.7. The molecule has 0 radical (unpaired) electrons. The second-order valence-electron chi connectivity index (χ2n) is 5.40. The maximum absolute atomic E-state index is 13.7. The third-order valence-electron chi connectivity index (χ3n) is 2.91. The third kappa shape index (κ3) is 4.56. The Hall–Kier alpha value is -0.980. The van der Waals surface area contributed by atoms with E-state index in [0.717, 1.165) is 0 Å². The van der Waals surface area contributed by atoms with Crippen LogP contribution in [0.15, 0.2) is 23.1 Å². The maximum Gasteiger partial charge on any atom is 0.243 e. The van der Waals surface area contributed by atoms with Crippen LogP contribution in [0.2, 0.25) is 0 Å². The molecule has 6 heteroatoms. The molecule has 0 heterocycles. The molecule has 0 amide bonds. The molecule has 108 valence electrons. The number of aliphatic hydroxyl groups excluding tert-OH is 1. The summed E-state index contributed by atoms with van der Waals surface area (Å²) in [7, 11) is -3.87. The fourth-order valence-corrected chi connectivity index (χ4v) is 2.88. The van der Waals surface area contributed by atoms with E-state index in [2.05, 4.69) is 4.72 Å². The Morgan fingerprint density at radius 2 is 2.00 bits per heavy atom. The number of halogens is 1. The lowest BCUT2D eigenvalue weighted by Gasteiger charge is -2.23. The molecule has 1 rings (SSSR count). The van der Waals surface area contributed by atoms with Crippen molar-refractivity contribution in [2.75, 3.05) is 13.2 Å². The zero-order valence-electron chi connectivity index (χ0n) is 11.4. The van der Waals surface area contributed by atoms with E-state index >= 15 is 0 Å². The highest BCUT2D eigenvalue weighted by atomic mass is 32.2. The summed E-state index contributed by atoms with van der Waals surface area (Å²) in [5.41, 5.74) is 0.278. The minimum absolute atomic E-state index is 0.0202. The average molecular weight is 289 g/mol. The van der Waals surface area contributed by atoms with E-state index in [1.807, 2.05) is 13.8 Å². The summed E-state index contributed by atoms with van der Waals surface area (Å²) in [4.78, 5) is -0.349. The normalized spacial score (nSPS) is 12.7. The van der Waals surface area contributed by atoms with E-state index in [1.165, 1.54) is 12.1 Å². The van der Waals surface area contributed by atoms with E-state index in [9.17, 15) is 12.8 Å². The molecular weight excluding hydrogens is 269 g/mol. The van der Waals surface area contributed by atoms with Crippen molar-refractivity contribution in [3.63, 3.8) is 0 Å². The van der Waals surface area contributed by atoms with Gasteiger partial charge in [-0.15, -0.1) is 0 Å². The molecule has 0 spiro atoms. The van der Waals surface area contributed by atoms with Crippen LogP contribution in [0.1, 0.15) is 25.8 Å². The molecule has 19 heavy (non-hydrogen) atoms. The van der Waals surface area contributed by atoms with Gasteiger partial charge in [-0.05, 0) is 36.5 Å². The molecule has 0 saturated carbocycles. The van der Waals surface area contributed by atoms with Crippen LogP contribution in [0.3, 0.4) is 0 Å². The van der Waals surface area contributed by atoms with E-state index in [1.54, 1.807) is 13.0 Å². The number of hydrogen-bond donors (Lipinski definition) is 2. The van der Waals surface area contributed by atoms with Crippen molar-refractivity contribution < 1.29 is 17.9 Å². The Bertz CT molecular complexity index is 541. The Labute approximate surface area is 113 Å². The van der Waals surface area contributed by atoms with Crippen LogP contribution >= 0.6 is 0 Å². The van der Waals surface area contributed by atoms with Crippen LogP contribution in [0.25, 0.3) is 0 Å². The fraction of sp³-hybridized carbons (Fsp3) is 0.538. The van der Waals surface area contributed by atoms with Crippen LogP contribution < -0.4 is 4.72 Å². The van der Waals surface area contributed by atoms with Gasteiger partial charge in [0.1, 0.15) is 10.7 Å². The summed E-state index contributed by atoms with van der Waals surface area (Å²) in [6.45, 7) is 5.47. The first-order valence-corrected chi connectivity index (χ1v) is 7.53. The van der Waals surface area contributed by atoms with Gasteiger partial charge in [-0.3, -0.25) is 0 Å². The molecule has 0 aromatic heterocycles. The van der Waals surface area contributed by atoms with Crippen molar-refractivity contribution in [3.8, 4) is 0 Å². The first kappa shape index (κ1) is 16.1. The zero-order chi connectivity index (χ0) is 14.7. The van der Waals surface area contributed by atoms with Gasteiger partial charge >= 0.3 is 0 Å². The quantitative estimate of drug-likeness (QED) is 0.839. The van der Waals surface area contributed by atoms with Gasteiger partial charge in [0.2, 0.25) is 10.0 Å². The molecule has 0 atom stereocenters. The Morgan fingerprint density at radius 3 is 2.53 bits per heavy atom. The van der Waals surface area contributed by atoms with Crippen LogP contribution in [0.4, 0.5) is 4.39 Å². The van der Waals surface area contributed by atoms with Crippen molar-refractivity contribution >= 4 is 10.0 Å². The van der Waals surface area contributed by atoms with Gasteiger partial charge in [0.25, 0.3) is 0 Å². The number of sulfonamides is 1. The van der Waals surface area contributed by atoms with E-state index in [-0.39, 0.29) is 23.5 Å². The van der Waals surface area contributed by atoms with Gasteiger partial charge in [-0.25, -0.2) is 17.5 Å². The van der Waals surface area contributed by atoms with Gasteiger partial charge in [-0.1, -0.05) is 19.9 Å². The summed E-state index contributed by atoms with van der Waals surface area (Å²) in [6, 6.07) is 4.00. The van der Waals surface area contributed by atoms with Gasteiger partial charge in [0.05, 0.1) is 0 Å². The highest BCUT2D eigenvalue weighted by molar-refractivity contribution is 7.89. The third-order valence-corrected chi connectivity index (χ3v) is 4.34. The summed E-state index contributed by atoms with van der Waals surface area (Å²) < 4.78 is 40.0. The van der Waals surface area contributed by atoms with Crippen LogP contribution in [0, 0.1) is 18.2 Å². The molecule has 0 fully saturated rings. The highest BCUT2D eigenvalue weighted by Crippen LogP contribution is 2.21. The van der Waals surface area contributed by atoms with E-state index in [0.29, 0.717) is 12.0 Å². The van der Waals surface area contributed by atoms with E-state index in [4.69, 9.17) is 5.11 Å². The number of rotatable bonds is 6. The second kappa shape index (κ2) is 5.98. The highest BCUT2D eigenvalue weighted by Gasteiger charge is 2.24. The standard InChI is InChI=1S/C13H20FNO3S/c1-10-4-5-12(11(14)8-10)19(17,18)15-9-13(2,3)6-7-16/h4-5,8,15-16H,6-7,9H2,1-3H3. The summed E-state index contributed by atoms with van der Waals surface area (Å²) in [5.74, 6) is -0.757. The first-order chi connectivity index (χ1) is 8.68. The molecule has 1 aromatic rings. The molecule has 0 unspecified atom stereocenters. The minimum Gasteiger partial charge on any atom is -0.396 e. The Kier molecular flexibility index (Phi) is 5.06. The molecule has 1 aromatic carbocycles. The van der Waals surface area contributed by atoms with E-state index < -0.39 is 15.8 Å². The second-order valence-corrected chi connectivity index (χ2v) is 7.13. The number of hydrogen-bond acceptors (Lipinski definition) is 3. The summed E-state index contributed by atoms with van der Waals surface area (Å²) >= 11 is 0. The number of benzene rings is 1. The molecule has 2 N–H and O–H groups in total. The summed E-state index contributed by atoms with van der Waals surface area (Å²) in [6.07, 6.45) is 0.464. The number of nitrogens with one attached hydrogen (secondary N) is 1. The van der Waals surface area contributed by atoms with Crippen LogP contribution in [0.5, 0.6) is 0 Å². The predicted molar refractivity (Wildman–Crippen MR) is 71.8 cm³/mol. The molecule has 0 aliphatic rings. The smallest absolute Gasteiger partial charge is 0.243 e. The lowest BCUT2D eigenvalue weighted by atomic mass is 9.90. The zero-order valence-corrected chi connectivity index (χ0v) is 12.2. The Balaban J connectivity index is 2.87. The van der Waals surface area contributed by atoms with Crippen molar-refractivity contribution in [1.82, 2.24) is 4.72 Å². The fourth-order valence-electron chi connectivity index (χ4n) is 1.58. The first-order valence-electron chi connectivity index (χ1n) is 6.05. The van der Waals surface area contributed by atoms with Crippen molar-refractivity contribution in [3.05, 3.63) is 29.6 Å². The molecule has 0 saturated heterocycles. The van der Waals surface area contributed by atoms with Crippen molar-refractivity contribution in [1.29, 1.82) is 0 Å². The molecule has 0 aliphatic carbocycles. The van der Waals surface area contributed by atoms with Gasteiger partial charge in [0.15, 0.2) is 0 Å². The number of aliphatic hydroxyl groups is 1. The lowest BCUT2D eigenvalue weighted by molar-refractivity contribution is 0.213. The Morgan fingerprint density at radius 1 is 1.37 bits per heavy atom. The molecule has 4 nitrogen and oxygen atoms in total. The van der Waals surface area contributed by atoms with Gasteiger partial charge in [-0.2, -0.15) is 0 Å². The van der Waals surface area contributed by atoms with Crippen molar-refractivity contribution in [2.24, 2.45) is 5.41 Å². The molecular formula is C13H20FNO3S. The van der Waals surface area contributed by atoms with Gasteiger partial charge in [0, 0.05) is 13.2 Å². The largest absolute Gasteiger partial charge is 0.396 e. The summed E-state index contributed by atoms with van der Waals surface area (Å²) in [5, 5.41) is 8.89. The SMILES string of the molecule is Cc1ccc(S(=O)(=O)NCC(C)(C)CCO)c(F)c1. The van der Waals surface area contributed by atoms with Crippen LogP contribution in [-0.4, -0.2) is 26.7 Å². The minimum atomic E-state index is -3.87. The number of aryl methyl sites for hydroxylation is 1. The lowest BCUT2D eigenvalue weighted by Crippen LogP contribution is -2.35. The molecule has 0 bridgehead atoms. The van der Waals surface area contributed by atoms with Gasteiger partial charge < -0.3 is 5.11 Å².